The van der Waals surface area contributed by atoms with Gasteiger partial charge >= 0.3 is 0 Å². The van der Waals surface area contributed by atoms with Gasteiger partial charge in [0.2, 0.25) is 11.7 Å². The molecule has 0 saturated carbocycles. The molecule has 3 heterocycles. The summed E-state index contributed by atoms with van der Waals surface area (Å²) in [6, 6.07) is 5.98. The number of rotatable bonds is 4. The molecule has 4 rings (SSSR count). The second-order valence-corrected chi connectivity index (χ2v) is 7.91. The maximum absolute atomic E-state index is 11.1. The number of thiazole rings is 1. The Balaban J connectivity index is 1.68. The molecule has 27 heavy (non-hydrogen) atoms. The predicted molar refractivity (Wildman–Crippen MR) is 104 cm³/mol. The highest BCUT2D eigenvalue weighted by molar-refractivity contribution is 7.15. The number of aromatic nitrogens is 4. The minimum absolute atomic E-state index is 0.0513. The molecule has 0 bridgehead atoms. The lowest BCUT2D eigenvalue weighted by Crippen LogP contribution is -2.18. The van der Waals surface area contributed by atoms with Crippen molar-refractivity contribution in [3.63, 3.8) is 0 Å². The number of amides is 1. The maximum atomic E-state index is 11.1. The lowest BCUT2D eigenvalue weighted by molar-refractivity contribution is -0.119. The van der Waals surface area contributed by atoms with Gasteiger partial charge in [0.25, 0.3) is 0 Å². The maximum Gasteiger partial charge on any atom is 0.217 e. The monoisotopic (exact) mass is 383 g/mol. The van der Waals surface area contributed by atoms with Crippen molar-refractivity contribution >= 4 is 17.2 Å². The van der Waals surface area contributed by atoms with Crippen LogP contribution in [0.4, 0.5) is 0 Å². The van der Waals surface area contributed by atoms with Gasteiger partial charge in [-0.25, -0.2) is 9.97 Å². The Kier molecular flexibility index (Phi) is 4.65. The van der Waals surface area contributed by atoms with E-state index < -0.39 is 0 Å². The molecule has 0 radical (unpaired) electrons. The summed E-state index contributed by atoms with van der Waals surface area (Å²) in [6.07, 6.45) is 0.796. The first-order valence-electron chi connectivity index (χ1n) is 8.94. The number of carbonyl (C=O) groups excluding carboxylic acids is 1. The number of nitrogens with zero attached hydrogens (tertiary/aromatic N) is 3. The van der Waals surface area contributed by atoms with Crippen LogP contribution in [0, 0.1) is 0 Å². The van der Waals surface area contributed by atoms with Gasteiger partial charge in [-0.1, -0.05) is 19.9 Å². The van der Waals surface area contributed by atoms with E-state index in [-0.39, 0.29) is 5.91 Å². The van der Waals surface area contributed by atoms with Crippen LogP contribution in [-0.2, 0) is 17.8 Å². The molecule has 1 aliphatic rings. The lowest BCUT2D eigenvalue weighted by atomic mass is 10.1. The molecule has 1 amide bonds. The molecule has 8 heteroatoms. The number of fused-ring (bicyclic) bond motifs is 3. The number of nitrogens with one attached hydrogen (secondary N) is 2. The fraction of sp³-hybridized carbons (Fsp3) is 0.368. The van der Waals surface area contributed by atoms with E-state index in [9.17, 15) is 4.79 Å². The minimum atomic E-state index is -0.0513. The van der Waals surface area contributed by atoms with Crippen molar-refractivity contribution in [2.45, 2.75) is 39.7 Å². The van der Waals surface area contributed by atoms with Gasteiger partial charge in [-0.3, -0.25) is 9.89 Å². The van der Waals surface area contributed by atoms with Crippen molar-refractivity contribution in [1.29, 1.82) is 0 Å². The van der Waals surface area contributed by atoms with E-state index in [0.717, 1.165) is 39.8 Å². The molecule has 7 nitrogen and oxygen atoms in total. The van der Waals surface area contributed by atoms with Gasteiger partial charge in [-0.15, -0.1) is 11.3 Å². The summed E-state index contributed by atoms with van der Waals surface area (Å²) in [5.41, 5.74) is 2.90. The first-order chi connectivity index (χ1) is 13.0. The van der Waals surface area contributed by atoms with Gasteiger partial charge in [0.05, 0.1) is 12.3 Å². The largest absolute Gasteiger partial charge is 0.492 e. The predicted octanol–water partition coefficient (Wildman–Crippen LogP) is 3.29. The molecule has 2 aromatic heterocycles. The third-order valence-corrected chi connectivity index (χ3v) is 5.48. The zero-order valence-electron chi connectivity index (χ0n) is 15.5. The smallest absolute Gasteiger partial charge is 0.217 e. The number of carbonyl (C=O) groups is 1. The van der Waals surface area contributed by atoms with Crippen LogP contribution in [0.2, 0.25) is 0 Å². The topological polar surface area (TPSA) is 92.8 Å². The van der Waals surface area contributed by atoms with E-state index in [1.54, 1.807) is 11.3 Å². The molecule has 0 atom stereocenters. The van der Waals surface area contributed by atoms with Crippen LogP contribution >= 0.6 is 11.3 Å². The van der Waals surface area contributed by atoms with E-state index >= 15 is 0 Å². The molecule has 0 unspecified atom stereocenters. The normalized spacial score (nSPS) is 12.9. The summed E-state index contributed by atoms with van der Waals surface area (Å²) in [6.45, 7) is 6.74. The molecule has 0 spiro atoms. The first kappa shape index (κ1) is 17.7. The molecule has 0 aliphatic carbocycles. The molecule has 1 aliphatic heterocycles. The van der Waals surface area contributed by atoms with Crippen LogP contribution in [0.5, 0.6) is 5.75 Å². The fourth-order valence-electron chi connectivity index (χ4n) is 2.93. The zero-order valence-corrected chi connectivity index (χ0v) is 16.3. The third kappa shape index (κ3) is 3.57. The molecule has 0 saturated heterocycles. The summed E-state index contributed by atoms with van der Waals surface area (Å²) in [7, 11) is 0. The average molecular weight is 383 g/mol. The van der Waals surface area contributed by atoms with E-state index in [4.69, 9.17) is 9.72 Å². The Hall–Kier alpha value is -2.74. The van der Waals surface area contributed by atoms with Crippen LogP contribution in [-0.4, -0.2) is 32.7 Å². The second-order valence-electron chi connectivity index (χ2n) is 6.83. The van der Waals surface area contributed by atoms with Gasteiger partial charge in [-0.2, -0.15) is 5.10 Å². The van der Waals surface area contributed by atoms with Crippen LogP contribution in [0.15, 0.2) is 18.2 Å². The third-order valence-electron chi connectivity index (χ3n) is 4.37. The molecule has 140 valence electrons. The van der Waals surface area contributed by atoms with Gasteiger partial charge in [0.15, 0.2) is 5.01 Å². The van der Waals surface area contributed by atoms with Crippen LogP contribution in [0.3, 0.4) is 0 Å². The molecule has 0 fully saturated rings. The Morgan fingerprint density at radius 3 is 2.96 bits per heavy atom. The highest BCUT2D eigenvalue weighted by atomic mass is 32.1. The van der Waals surface area contributed by atoms with Gasteiger partial charge < -0.3 is 10.1 Å². The molecular weight excluding hydrogens is 362 g/mol. The Bertz CT molecular complexity index is 992. The first-order valence-corrected chi connectivity index (χ1v) is 9.76. The van der Waals surface area contributed by atoms with Gasteiger partial charge in [0, 0.05) is 36.2 Å². The SMILES string of the molecule is CC(=O)NCc1ccc2c(c1)OCCc1sc(-c3n[nH]c(C(C)C)n3)nc1-2. The van der Waals surface area contributed by atoms with Crippen molar-refractivity contribution in [2.24, 2.45) is 0 Å². The Morgan fingerprint density at radius 1 is 1.37 bits per heavy atom. The lowest BCUT2D eigenvalue weighted by Gasteiger charge is -2.10. The van der Waals surface area contributed by atoms with E-state index in [1.165, 1.54) is 11.8 Å². The van der Waals surface area contributed by atoms with Crippen LogP contribution in [0.25, 0.3) is 22.1 Å². The Morgan fingerprint density at radius 2 is 2.22 bits per heavy atom. The number of hydrogen-bond donors (Lipinski definition) is 2. The zero-order chi connectivity index (χ0) is 19.0. The van der Waals surface area contributed by atoms with Gasteiger partial charge in [0.1, 0.15) is 11.6 Å². The summed E-state index contributed by atoms with van der Waals surface area (Å²) in [5, 5.41) is 10.9. The number of ether oxygens (including phenoxy) is 1. The Labute approximate surface area is 161 Å². The van der Waals surface area contributed by atoms with Crippen molar-refractivity contribution < 1.29 is 9.53 Å². The highest BCUT2D eigenvalue weighted by Crippen LogP contribution is 2.40. The molecule has 1 aromatic carbocycles. The van der Waals surface area contributed by atoms with Crippen LogP contribution < -0.4 is 10.1 Å². The van der Waals surface area contributed by atoms with Crippen molar-refractivity contribution in [2.75, 3.05) is 6.61 Å². The highest BCUT2D eigenvalue weighted by Gasteiger charge is 2.23. The second kappa shape index (κ2) is 7.11. The van der Waals surface area contributed by atoms with Crippen molar-refractivity contribution in [3.05, 3.63) is 34.5 Å². The van der Waals surface area contributed by atoms with Gasteiger partial charge in [-0.05, 0) is 17.7 Å². The minimum Gasteiger partial charge on any atom is -0.492 e. The van der Waals surface area contributed by atoms with Crippen LogP contribution in [0.1, 0.15) is 43.0 Å². The summed E-state index contributed by atoms with van der Waals surface area (Å²) in [5.74, 6) is 2.54. The number of hydrogen-bond acceptors (Lipinski definition) is 6. The van der Waals surface area contributed by atoms with E-state index in [1.807, 2.05) is 18.2 Å². The molecule has 3 aromatic rings. The quantitative estimate of drug-likeness (QED) is 0.721. The van der Waals surface area contributed by atoms with Crippen molar-refractivity contribution in [3.8, 4) is 27.8 Å². The average Bonchev–Trinajstić information content (AvgIpc) is 3.24. The molecule has 2 N–H and O–H groups in total. The summed E-state index contributed by atoms with van der Waals surface area (Å²) >= 11 is 1.62. The number of benzene rings is 1. The number of H-pyrrole nitrogens is 1. The van der Waals surface area contributed by atoms with Crippen molar-refractivity contribution in [1.82, 2.24) is 25.5 Å². The summed E-state index contributed by atoms with van der Waals surface area (Å²) < 4.78 is 5.93. The fourth-order valence-corrected chi connectivity index (χ4v) is 3.92. The van der Waals surface area contributed by atoms with E-state index in [2.05, 4.69) is 34.3 Å². The molecular formula is C19H21N5O2S. The number of aromatic amines is 1. The summed E-state index contributed by atoms with van der Waals surface area (Å²) in [4.78, 5) is 21.7. The van der Waals surface area contributed by atoms with E-state index in [0.29, 0.717) is 24.9 Å². The standard InChI is InChI=1S/C19H21N5O2S/c1-10(2)17-22-18(24-23-17)19-21-16-13-5-4-12(9-20-11(3)25)8-14(13)26-7-6-15(16)27-19/h4-5,8,10H,6-7,9H2,1-3H3,(H,20,25)(H,22,23,24).